The van der Waals surface area contributed by atoms with Gasteiger partial charge in [-0.05, 0) is 31.2 Å². The molecule has 19 heavy (non-hydrogen) atoms. The first-order chi connectivity index (χ1) is 9.10. The first-order valence-electron chi connectivity index (χ1n) is 5.75. The Morgan fingerprint density at radius 3 is 2.58 bits per heavy atom. The van der Waals surface area contributed by atoms with Crippen molar-refractivity contribution in [3.8, 4) is 17.0 Å². The fourth-order valence-electron chi connectivity index (χ4n) is 1.68. The highest BCUT2D eigenvalue weighted by molar-refractivity contribution is 5.65. The lowest BCUT2D eigenvalue weighted by atomic mass is 10.1. The number of nitrogens with zero attached hydrogens (tertiary/aromatic N) is 2. The van der Waals surface area contributed by atoms with Gasteiger partial charge in [-0.3, -0.25) is 10.1 Å². The summed E-state index contributed by atoms with van der Waals surface area (Å²) in [4.78, 5) is 14.4. The number of rotatable bonds is 4. The fourth-order valence-corrected chi connectivity index (χ4v) is 1.68. The van der Waals surface area contributed by atoms with Crippen LogP contribution in [-0.2, 0) is 0 Å². The van der Waals surface area contributed by atoms with Crippen molar-refractivity contribution in [3.63, 3.8) is 0 Å². The van der Waals surface area contributed by atoms with Crippen molar-refractivity contribution in [3.05, 3.63) is 46.5 Å². The Hall–Kier alpha value is -2.63. The lowest BCUT2D eigenvalue weighted by Gasteiger charge is -2.05. The van der Waals surface area contributed by atoms with Crippen LogP contribution in [0.25, 0.3) is 11.3 Å². The SMILES string of the molecule is CCOc1ccc(-c2cc([N+](=O)[O-])cc(N)n2)cc1. The smallest absolute Gasteiger partial charge is 0.275 e. The topological polar surface area (TPSA) is 91.3 Å². The van der Waals surface area contributed by atoms with Crippen molar-refractivity contribution in [1.29, 1.82) is 0 Å². The molecule has 1 aromatic carbocycles. The Bertz CT molecular complexity index is 597. The molecule has 0 fully saturated rings. The predicted molar refractivity (Wildman–Crippen MR) is 71.9 cm³/mol. The zero-order valence-electron chi connectivity index (χ0n) is 10.4. The second-order valence-corrected chi connectivity index (χ2v) is 3.85. The summed E-state index contributed by atoms with van der Waals surface area (Å²) < 4.78 is 5.33. The maximum atomic E-state index is 10.8. The van der Waals surface area contributed by atoms with Crippen LogP contribution in [0.5, 0.6) is 5.75 Å². The molecule has 0 aliphatic heterocycles. The van der Waals surface area contributed by atoms with Gasteiger partial charge < -0.3 is 10.5 Å². The molecular formula is C13H13N3O3. The predicted octanol–water partition coefficient (Wildman–Crippen LogP) is 2.64. The van der Waals surface area contributed by atoms with Gasteiger partial charge in [-0.25, -0.2) is 4.98 Å². The molecule has 0 saturated carbocycles. The van der Waals surface area contributed by atoms with E-state index in [0.29, 0.717) is 12.3 Å². The summed E-state index contributed by atoms with van der Waals surface area (Å²) in [5.41, 5.74) is 6.72. The van der Waals surface area contributed by atoms with E-state index in [2.05, 4.69) is 4.98 Å². The van der Waals surface area contributed by atoms with Gasteiger partial charge >= 0.3 is 0 Å². The number of anilines is 1. The molecule has 0 amide bonds. The van der Waals surface area contributed by atoms with E-state index in [1.54, 1.807) is 24.3 Å². The quantitative estimate of drug-likeness (QED) is 0.673. The molecule has 0 saturated heterocycles. The van der Waals surface area contributed by atoms with Crippen LogP contribution in [0.15, 0.2) is 36.4 Å². The molecule has 2 rings (SSSR count). The number of nitrogens with two attached hydrogens (primary N) is 1. The third-order valence-electron chi connectivity index (χ3n) is 2.50. The molecule has 98 valence electrons. The van der Waals surface area contributed by atoms with E-state index in [0.717, 1.165) is 11.3 Å². The monoisotopic (exact) mass is 259 g/mol. The summed E-state index contributed by atoms with van der Waals surface area (Å²) in [5.74, 6) is 0.864. The van der Waals surface area contributed by atoms with Crippen molar-refractivity contribution >= 4 is 11.5 Å². The van der Waals surface area contributed by atoms with Gasteiger partial charge in [-0.1, -0.05) is 0 Å². The van der Waals surface area contributed by atoms with Crippen LogP contribution >= 0.6 is 0 Å². The molecule has 0 bridgehead atoms. The molecule has 6 nitrogen and oxygen atoms in total. The summed E-state index contributed by atoms with van der Waals surface area (Å²) in [6.07, 6.45) is 0. The second-order valence-electron chi connectivity index (χ2n) is 3.85. The highest BCUT2D eigenvalue weighted by Gasteiger charge is 2.11. The van der Waals surface area contributed by atoms with Gasteiger partial charge in [0.2, 0.25) is 0 Å². The van der Waals surface area contributed by atoms with E-state index in [4.69, 9.17) is 10.5 Å². The average Bonchev–Trinajstić information content (AvgIpc) is 2.39. The number of ether oxygens (including phenoxy) is 1. The number of aromatic nitrogens is 1. The molecule has 2 N–H and O–H groups in total. The third-order valence-corrected chi connectivity index (χ3v) is 2.50. The molecule has 0 unspecified atom stereocenters. The molecule has 6 heteroatoms. The Kier molecular flexibility index (Phi) is 3.61. The lowest BCUT2D eigenvalue weighted by molar-refractivity contribution is -0.384. The highest BCUT2D eigenvalue weighted by atomic mass is 16.6. The average molecular weight is 259 g/mol. The number of hydrogen-bond donors (Lipinski definition) is 1. The first kappa shape index (κ1) is 12.8. The maximum Gasteiger partial charge on any atom is 0.275 e. The Morgan fingerprint density at radius 1 is 1.32 bits per heavy atom. The van der Waals surface area contributed by atoms with Crippen LogP contribution in [0.1, 0.15) is 6.92 Å². The van der Waals surface area contributed by atoms with Gasteiger partial charge in [-0.2, -0.15) is 0 Å². The molecular weight excluding hydrogens is 246 g/mol. The normalized spacial score (nSPS) is 10.2. The lowest BCUT2D eigenvalue weighted by Crippen LogP contribution is -1.97. The molecule has 0 atom stereocenters. The van der Waals surface area contributed by atoms with E-state index in [1.807, 2.05) is 6.92 Å². The largest absolute Gasteiger partial charge is 0.494 e. The van der Waals surface area contributed by atoms with E-state index >= 15 is 0 Å². The summed E-state index contributed by atoms with van der Waals surface area (Å²) in [6.45, 7) is 2.48. The molecule has 0 radical (unpaired) electrons. The fraction of sp³-hybridized carbons (Fsp3) is 0.154. The number of hydrogen-bond acceptors (Lipinski definition) is 5. The van der Waals surface area contributed by atoms with Crippen LogP contribution in [0, 0.1) is 10.1 Å². The zero-order chi connectivity index (χ0) is 13.8. The molecule has 1 aromatic heterocycles. The number of nitrogen functional groups attached to an aromatic ring is 1. The molecule has 0 aliphatic carbocycles. The van der Waals surface area contributed by atoms with Gasteiger partial charge in [0, 0.05) is 11.6 Å². The van der Waals surface area contributed by atoms with E-state index in [-0.39, 0.29) is 11.5 Å². The number of pyridine rings is 1. The van der Waals surface area contributed by atoms with Crippen LogP contribution in [0.3, 0.4) is 0 Å². The van der Waals surface area contributed by atoms with Crippen molar-refractivity contribution < 1.29 is 9.66 Å². The van der Waals surface area contributed by atoms with Crippen molar-refractivity contribution in [1.82, 2.24) is 4.98 Å². The Morgan fingerprint density at radius 2 is 2.00 bits per heavy atom. The maximum absolute atomic E-state index is 10.8. The van der Waals surface area contributed by atoms with Gasteiger partial charge in [-0.15, -0.1) is 0 Å². The van der Waals surface area contributed by atoms with Crippen LogP contribution in [0.2, 0.25) is 0 Å². The molecule has 0 aliphatic rings. The van der Waals surface area contributed by atoms with Gasteiger partial charge in [0.1, 0.15) is 11.6 Å². The van der Waals surface area contributed by atoms with Gasteiger partial charge in [0.15, 0.2) is 0 Å². The molecule has 0 spiro atoms. The molecule has 1 heterocycles. The van der Waals surface area contributed by atoms with Crippen LogP contribution in [-0.4, -0.2) is 16.5 Å². The minimum atomic E-state index is -0.490. The second kappa shape index (κ2) is 5.34. The highest BCUT2D eigenvalue weighted by Crippen LogP contribution is 2.25. The number of nitro groups is 1. The van der Waals surface area contributed by atoms with Crippen molar-refractivity contribution in [2.45, 2.75) is 6.92 Å². The minimum absolute atomic E-state index is 0.0728. The summed E-state index contributed by atoms with van der Waals surface area (Å²) in [5, 5.41) is 10.8. The third kappa shape index (κ3) is 2.98. The summed E-state index contributed by atoms with van der Waals surface area (Å²) >= 11 is 0. The van der Waals surface area contributed by atoms with Gasteiger partial charge in [0.25, 0.3) is 5.69 Å². The zero-order valence-corrected chi connectivity index (χ0v) is 10.4. The van der Waals surface area contributed by atoms with E-state index in [9.17, 15) is 10.1 Å². The summed E-state index contributed by atoms with van der Waals surface area (Å²) in [7, 11) is 0. The standard InChI is InChI=1S/C13H13N3O3/c1-2-19-11-5-3-9(4-6-11)12-7-10(16(17)18)8-13(14)15-12/h3-8H,2H2,1H3,(H2,14,15). The Balaban J connectivity index is 2.38. The van der Waals surface area contributed by atoms with Crippen LogP contribution in [0.4, 0.5) is 11.5 Å². The Labute approximate surface area is 110 Å². The minimum Gasteiger partial charge on any atom is -0.494 e. The van der Waals surface area contributed by atoms with E-state index in [1.165, 1.54) is 12.1 Å². The van der Waals surface area contributed by atoms with E-state index < -0.39 is 4.92 Å². The van der Waals surface area contributed by atoms with Crippen LogP contribution < -0.4 is 10.5 Å². The number of benzene rings is 1. The molecule has 2 aromatic rings. The van der Waals surface area contributed by atoms with Crippen molar-refractivity contribution in [2.75, 3.05) is 12.3 Å². The summed E-state index contributed by atoms with van der Waals surface area (Å²) in [6, 6.07) is 9.78. The van der Waals surface area contributed by atoms with Gasteiger partial charge in [0.05, 0.1) is 23.3 Å². The first-order valence-corrected chi connectivity index (χ1v) is 5.75. The van der Waals surface area contributed by atoms with Crippen molar-refractivity contribution in [2.24, 2.45) is 0 Å².